The quantitative estimate of drug-likeness (QED) is 0.550. The van der Waals surface area contributed by atoms with Crippen molar-refractivity contribution in [3.05, 3.63) is 82.3 Å². The molecule has 2 amide bonds. The lowest BCUT2D eigenvalue weighted by Gasteiger charge is -2.16. The number of hydrogen-bond donors (Lipinski definition) is 2. The lowest BCUT2D eigenvalue weighted by atomic mass is 10.1. The first-order valence-electron chi connectivity index (χ1n) is 8.71. The number of rotatable bonds is 6. The number of halogens is 1. The Morgan fingerprint density at radius 3 is 1.76 bits per heavy atom. The Kier molecular flexibility index (Phi) is 6.51. The van der Waals surface area contributed by atoms with E-state index in [0.29, 0.717) is 34.0 Å². The molecule has 148 valence electrons. The summed E-state index contributed by atoms with van der Waals surface area (Å²) in [6.45, 7) is 0. The van der Waals surface area contributed by atoms with Crippen LogP contribution in [0, 0.1) is 0 Å². The van der Waals surface area contributed by atoms with Crippen molar-refractivity contribution in [2.24, 2.45) is 0 Å². The number of anilines is 2. The molecule has 0 bridgehead atoms. The minimum absolute atomic E-state index is 0.281. The van der Waals surface area contributed by atoms with E-state index in [2.05, 4.69) is 26.6 Å². The first-order chi connectivity index (χ1) is 14.0. The fourth-order valence-electron chi connectivity index (χ4n) is 2.70. The predicted molar refractivity (Wildman–Crippen MR) is 116 cm³/mol. The third-order valence-corrected chi connectivity index (χ3v) is 4.63. The van der Waals surface area contributed by atoms with Crippen molar-refractivity contribution in [2.75, 3.05) is 24.9 Å². The predicted octanol–water partition coefficient (Wildman–Crippen LogP) is 4.97. The monoisotopic (exact) mass is 454 g/mol. The molecular formula is C22H19BrN2O4. The highest BCUT2D eigenvalue weighted by molar-refractivity contribution is 9.10. The Bertz CT molecular complexity index is 1040. The van der Waals surface area contributed by atoms with Gasteiger partial charge in [-0.1, -0.05) is 40.2 Å². The SMILES string of the molecule is COc1cc(NC(=O)c2cccc(Br)c2)c(OC)cc1NC(=O)c1ccccc1. The highest BCUT2D eigenvalue weighted by Crippen LogP contribution is 2.37. The van der Waals surface area contributed by atoms with Gasteiger partial charge >= 0.3 is 0 Å². The number of nitrogens with one attached hydrogen (secondary N) is 2. The summed E-state index contributed by atoms with van der Waals surface area (Å²) in [5, 5.41) is 5.62. The van der Waals surface area contributed by atoms with Crippen molar-refractivity contribution in [3.8, 4) is 11.5 Å². The van der Waals surface area contributed by atoms with Crippen LogP contribution in [0.2, 0.25) is 0 Å². The summed E-state index contributed by atoms with van der Waals surface area (Å²) in [4.78, 5) is 25.1. The van der Waals surface area contributed by atoms with Gasteiger partial charge in [-0.3, -0.25) is 9.59 Å². The van der Waals surface area contributed by atoms with Gasteiger partial charge in [0.25, 0.3) is 11.8 Å². The van der Waals surface area contributed by atoms with E-state index < -0.39 is 0 Å². The first-order valence-corrected chi connectivity index (χ1v) is 9.50. The molecule has 0 radical (unpaired) electrons. The van der Waals surface area contributed by atoms with Crippen molar-refractivity contribution in [1.29, 1.82) is 0 Å². The van der Waals surface area contributed by atoms with E-state index in [0.717, 1.165) is 4.47 Å². The maximum absolute atomic E-state index is 12.6. The zero-order valence-corrected chi connectivity index (χ0v) is 17.4. The van der Waals surface area contributed by atoms with E-state index in [1.807, 2.05) is 12.1 Å². The summed E-state index contributed by atoms with van der Waals surface area (Å²) in [7, 11) is 2.97. The molecule has 0 fully saturated rings. The van der Waals surface area contributed by atoms with Crippen molar-refractivity contribution in [3.63, 3.8) is 0 Å². The second-order valence-electron chi connectivity index (χ2n) is 6.04. The van der Waals surface area contributed by atoms with Crippen molar-refractivity contribution < 1.29 is 19.1 Å². The number of benzene rings is 3. The Hall–Kier alpha value is -3.32. The van der Waals surface area contributed by atoms with Crippen LogP contribution < -0.4 is 20.1 Å². The van der Waals surface area contributed by atoms with Gasteiger partial charge in [0.1, 0.15) is 11.5 Å². The molecule has 2 N–H and O–H groups in total. The van der Waals surface area contributed by atoms with Gasteiger partial charge in [0.05, 0.1) is 25.6 Å². The van der Waals surface area contributed by atoms with Gasteiger partial charge in [-0.25, -0.2) is 0 Å². The summed E-state index contributed by atoms with van der Waals surface area (Å²) in [6.07, 6.45) is 0. The van der Waals surface area contributed by atoms with Gasteiger partial charge in [0, 0.05) is 27.7 Å². The molecule has 0 aliphatic heterocycles. The van der Waals surface area contributed by atoms with Crippen LogP contribution in [0.3, 0.4) is 0 Å². The van der Waals surface area contributed by atoms with Crippen molar-refractivity contribution >= 4 is 39.1 Å². The summed E-state index contributed by atoms with van der Waals surface area (Å²) in [5.41, 5.74) is 1.85. The number of methoxy groups -OCH3 is 2. The molecule has 0 aliphatic carbocycles. The molecule has 7 heteroatoms. The fraction of sp³-hybridized carbons (Fsp3) is 0.0909. The van der Waals surface area contributed by atoms with Gasteiger partial charge in [-0.05, 0) is 30.3 Å². The van der Waals surface area contributed by atoms with Crippen LogP contribution in [0.15, 0.2) is 71.2 Å². The minimum atomic E-state index is -0.298. The van der Waals surface area contributed by atoms with Crippen molar-refractivity contribution in [1.82, 2.24) is 0 Å². The van der Waals surface area contributed by atoms with E-state index in [-0.39, 0.29) is 11.8 Å². The molecule has 29 heavy (non-hydrogen) atoms. The third kappa shape index (κ3) is 4.94. The van der Waals surface area contributed by atoms with Gasteiger partial charge in [-0.2, -0.15) is 0 Å². The maximum atomic E-state index is 12.6. The molecule has 0 saturated heterocycles. The van der Waals surface area contributed by atoms with Crippen LogP contribution in [0.5, 0.6) is 11.5 Å². The topological polar surface area (TPSA) is 76.7 Å². The zero-order valence-electron chi connectivity index (χ0n) is 15.9. The molecule has 3 aromatic rings. The van der Waals surface area contributed by atoms with Crippen LogP contribution in [0.4, 0.5) is 11.4 Å². The van der Waals surface area contributed by atoms with E-state index in [4.69, 9.17) is 9.47 Å². The smallest absolute Gasteiger partial charge is 0.255 e. The van der Waals surface area contributed by atoms with E-state index in [9.17, 15) is 9.59 Å². The lowest BCUT2D eigenvalue weighted by molar-refractivity contribution is 0.101. The highest BCUT2D eigenvalue weighted by atomic mass is 79.9. The average Bonchev–Trinajstić information content (AvgIpc) is 2.74. The molecule has 0 spiro atoms. The molecule has 6 nitrogen and oxygen atoms in total. The van der Waals surface area contributed by atoms with Gasteiger partial charge in [0.2, 0.25) is 0 Å². The maximum Gasteiger partial charge on any atom is 0.255 e. The molecule has 0 aromatic heterocycles. The fourth-order valence-corrected chi connectivity index (χ4v) is 3.10. The van der Waals surface area contributed by atoms with Crippen LogP contribution in [-0.4, -0.2) is 26.0 Å². The normalized spacial score (nSPS) is 10.2. The van der Waals surface area contributed by atoms with Gasteiger partial charge < -0.3 is 20.1 Å². The molecule has 0 unspecified atom stereocenters. The standard InChI is InChI=1S/C22H19BrN2O4/c1-28-19-13-18(25-22(27)15-9-6-10-16(23)11-15)20(29-2)12-17(19)24-21(26)14-7-4-3-5-8-14/h3-13H,1-2H3,(H,24,26)(H,25,27). The molecule has 0 saturated carbocycles. The second-order valence-corrected chi connectivity index (χ2v) is 6.95. The molecule has 0 heterocycles. The second kappa shape index (κ2) is 9.25. The molecule has 3 aromatic carbocycles. The third-order valence-electron chi connectivity index (χ3n) is 4.14. The van der Waals surface area contributed by atoms with Gasteiger partial charge in [0.15, 0.2) is 0 Å². The van der Waals surface area contributed by atoms with Crippen LogP contribution >= 0.6 is 15.9 Å². The van der Waals surface area contributed by atoms with Gasteiger partial charge in [-0.15, -0.1) is 0 Å². The number of carbonyl (C=O) groups is 2. The lowest BCUT2D eigenvalue weighted by Crippen LogP contribution is -2.15. The van der Waals surface area contributed by atoms with Crippen LogP contribution in [0.1, 0.15) is 20.7 Å². The largest absolute Gasteiger partial charge is 0.494 e. The van der Waals surface area contributed by atoms with Crippen molar-refractivity contribution in [2.45, 2.75) is 0 Å². The van der Waals surface area contributed by atoms with E-state index >= 15 is 0 Å². The molecular weight excluding hydrogens is 436 g/mol. The first kappa shape index (κ1) is 20.4. The highest BCUT2D eigenvalue weighted by Gasteiger charge is 2.17. The molecule has 0 atom stereocenters. The number of amides is 2. The number of hydrogen-bond acceptors (Lipinski definition) is 4. The summed E-state index contributed by atoms with van der Waals surface area (Å²) in [5.74, 6) is 0.196. The Balaban J connectivity index is 1.88. The molecule has 3 rings (SSSR count). The van der Waals surface area contributed by atoms with Crippen LogP contribution in [0.25, 0.3) is 0 Å². The van der Waals surface area contributed by atoms with E-state index in [1.54, 1.807) is 54.6 Å². The Morgan fingerprint density at radius 2 is 1.24 bits per heavy atom. The minimum Gasteiger partial charge on any atom is -0.494 e. The summed E-state index contributed by atoms with van der Waals surface area (Å²) < 4.78 is 11.6. The Morgan fingerprint density at radius 1 is 0.724 bits per heavy atom. The molecule has 0 aliphatic rings. The van der Waals surface area contributed by atoms with Crippen LogP contribution in [-0.2, 0) is 0 Å². The number of ether oxygens (including phenoxy) is 2. The number of carbonyl (C=O) groups excluding carboxylic acids is 2. The van der Waals surface area contributed by atoms with E-state index in [1.165, 1.54) is 14.2 Å². The zero-order chi connectivity index (χ0) is 20.8. The summed E-state index contributed by atoms with van der Waals surface area (Å²) in [6, 6.07) is 19.1. The summed E-state index contributed by atoms with van der Waals surface area (Å²) >= 11 is 3.35. The Labute approximate surface area is 177 Å². The average molecular weight is 455 g/mol.